The summed E-state index contributed by atoms with van der Waals surface area (Å²) < 4.78 is 28.1. The SMILES string of the molecule is OP(O)C(F)(F)c1ccc(CSC(Cc2ccccc2)c2ccccc2)cc1Br. The maximum absolute atomic E-state index is 13.9. The molecule has 0 aliphatic rings. The molecule has 3 aromatic rings. The molecule has 2 N–H and O–H groups in total. The van der Waals surface area contributed by atoms with E-state index < -0.39 is 19.6 Å². The van der Waals surface area contributed by atoms with Crippen molar-refractivity contribution in [3.63, 3.8) is 0 Å². The van der Waals surface area contributed by atoms with Gasteiger partial charge in [0.05, 0.1) is 0 Å². The molecular weight excluding hydrogens is 477 g/mol. The zero-order valence-corrected chi connectivity index (χ0v) is 18.7. The van der Waals surface area contributed by atoms with E-state index in [0.29, 0.717) is 5.75 Å². The molecule has 0 aliphatic heterocycles. The first-order valence-corrected chi connectivity index (χ1v) is 12.0. The molecule has 0 saturated heterocycles. The van der Waals surface area contributed by atoms with Gasteiger partial charge in [0, 0.05) is 21.0 Å². The van der Waals surface area contributed by atoms with Gasteiger partial charge in [0.25, 0.3) is 0 Å². The molecule has 0 aromatic heterocycles. The summed E-state index contributed by atoms with van der Waals surface area (Å²) in [5.41, 5.74) is -0.736. The molecule has 0 amide bonds. The monoisotopic (exact) mass is 496 g/mol. The Labute approximate surface area is 183 Å². The van der Waals surface area contributed by atoms with Crippen LogP contribution in [-0.4, -0.2) is 9.79 Å². The molecule has 0 heterocycles. The third-order valence-corrected chi connectivity index (χ3v) is 7.24. The first-order chi connectivity index (χ1) is 13.9. The lowest BCUT2D eigenvalue weighted by Gasteiger charge is -2.20. The van der Waals surface area contributed by atoms with Gasteiger partial charge in [-0.25, -0.2) is 0 Å². The van der Waals surface area contributed by atoms with E-state index in [2.05, 4.69) is 40.2 Å². The molecular formula is C22H20BrF2O2PS. The highest BCUT2D eigenvalue weighted by Crippen LogP contribution is 2.54. The second-order valence-corrected chi connectivity index (χ2v) is 9.73. The van der Waals surface area contributed by atoms with Crippen molar-refractivity contribution in [2.75, 3.05) is 0 Å². The van der Waals surface area contributed by atoms with Crippen LogP contribution < -0.4 is 0 Å². The first kappa shape index (κ1) is 22.4. The van der Waals surface area contributed by atoms with Crippen LogP contribution in [0, 0.1) is 0 Å². The molecule has 0 bridgehead atoms. The Bertz CT molecular complexity index is 927. The van der Waals surface area contributed by atoms with Crippen LogP contribution in [0.4, 0.5) is 8.78 Å². The molecule has 3 rings (SSSR count). The van der Waals surface area contributed by atoms with Gasteiger partial charge in [0.2, 0.25) is 8.38 Å². The quantitative estimate of drug-likeness (QED) is 0.329. The number of hydrogen-bond donors (Lipinski definition) is 2. The lowest BCUT2D eigenvalue weighted by Crippen LogP contribution is -2.11. The topological polar surface area (TPSA) is 40.5 Å². The average molecular weight is 497 g/mol. The Hall–Kier alpha value is -1.30. The fourth-order valence-electron chi connectivity index (χ4n) is 2.97. The van der Waals surface area contributed by atoms with E-state index in [1.54, 1.807) is 23.9 Å². The maximum Gasteiger partial charge on any atom is 0.340 e. The summed E-state index contributed by atoms with van der Waals surface area (Å²) in [6, 6.07) is 25.0. The lowest BCUT2D eigenvalue weighted by molar-refractivity contribution is 0.0724. The molecule has 0 fully saturated rings. The Morgan fingerprint density at radius 3 is 2.10 bits per heavy atom. The van der Waals surface area contributed by atoms with Gasteiger partial charge in [0.1, 0.15) is 0 Å². The van der Waals surface area contributed by atoms with E-state index in [1.807, 2.05) is 36.4 Å². The van der Waals surface area contributed by atoms with Gasteiger partial charge in [-0.1, -0.05) is 88.7 Å². The van der Waals surface area contributed by atoms with Crippen molar-refractivity contribution < 1.29 is 18.6 Å². The Kier molecular flexibility index (Phi) is 7.83. The second kappa shape index (κ2) is 10.1. The summed E-state index contributed by atoms with van der Waals surface area (Å²) in [5.74, 6) is 0.643. The van der Waals surface area contributed by atoms with Crippen molar-refractivity contribution in [2.24, 2.45) is 0 Å². The lowest BCUT2D eigenvalue weighted by atomic mass is 10.0. The number of thioether (sulfide) groups is 1. The van der Waals surface area contributed by atoms with Crippen LogP contribution in [0.3, 0.4) is 0 Å². The van der Waals surface area contributed by atoms with Crippen LogP contribution in [0.1, 0.15) is 27.5 Å². The van der Waals surface area contributed by atoms with Crippen molar-refractivity contribution in [3.8, 4) is 0 Å². The van der Waals surface area contributed by atoms with Gasteiger partial charge >= 0.3 is 5.66 Å². The number of alkyl halides is 2. The van der Waals surface area contributed by atoms with Crippen molar-refractivity contribution in [1.29, 1.82) is 0 Å². The maximum atomic E-state index is 13.9. The molecule has 3 aromatic carbocycles. The van der Waals surface area contributed by atoms with Gasteiger partial charge in [-0.2, -0.15) is 8.78 Å². The summed E-state index contributed by atoms with van der Waals surface area (Å²) in [5, 5.41) is 0.223. The zero-order chi connectivity index (χ0) is 20.9. The summed E-state index contributed by atoms with van der Waals surface area (Å²) in [6.45, 7) is 0. The smallest absolute Gasteiger partial charge is 0.340 e. The molecule has 152 valence electrons. The average Bonchev–Trinajstić information content (AvgIpc) is 2.72. The van der Waals surface area contributed by atoms with E-state index in [-0.39, 0.29) is 9.72 Å². The fraction of sp³-hybridized carbons (Fsp3) is 0.182. The molecule has 1 atom stereocenters. The van der Waals surface area contributed by atoms with Gasteiger partial charge in [-0.3, -0.25) is 0 Å². The minimum atomic E-state index is -3.67. The Morgan fingerprint density at radius 1 is 0.897 bits per heavy atom. The highest BCUT2D eigenvalue weighted by atomic mass is 79.9. The predicted molar refractivity (Wildman–Crippen MR) is 120 cm³/mol. The zero-order valence-electron chi connectivity index (χ0n) is 15.4. The number of benzene rings is 3. The van der Waals surface area contributed by atoms with Gasteiger partial charge in [-0.15, -0.1) is 11.8 Å². The summed E-state index contributed by atoms with van der Waals surface area (Å²) in [6.07, 6.45) is 0.867. The van der Waals surface area contributed by atoms with Crippen LogP contribution in [0.2, 0.25) is 0 Å². The standard InChI is InChI=1S/C22H20BrF2O2PS/c23-20-13-17(11-12-19(20)22(24,25)28(26)27)15-29-21(18-9-5-2-6-10-18)14-16-7-3-1-4-8-16/h1-13,21,26-27H,14-15H2. The van der Waals surface area contributed by atoms with E-state index in [9.17, 15) is 8.78 Å². The Morgan fingerprint density at radius 2 is 1.52 bits per heavy atom. The first-order valence-electron chi connectivity index (χ1n) is 8.93. The highest BCUT2D eigenvalue weighted by molar-refractivity contribution is 9.10. The highest BCUT2D eigenvalue weighted by Gasteiger charge is 2.42. The van der Waals surface area contributed by atoms with Crippen LogP contribution in [-0.2, 0) is 17.8 Å². The number of hydrogen-bond acceptors (Lipinski definition) is 3. The molecule has 0 spiro atoms. The summed E-state index contributed by atoms with van der Waals surface area (Å²) >= 11 is 4.90. The van der Waals surface area contributed by atoms with Gasteiger partial charge in [-0.05, 0) is 29.2 Å². The third kappa shape index (κ3) is 5.87. The molecule has 0 saturated carbocycles. The predicted octanol–water partition coefficient (Wildman–Crippen LogP) is 7.01. The normalized spacial score (nSPS) is 12.9. The second-order valence-electron chi connectivity index (χ2n) is 6.54. The van der Waals surface area contributed by atoms with Crippen molar-refractivity contribution >= 4 is 36.1 Å². The summed E-state index contributed by atoms with van der Waals surface area (Å²) in [4.78, 5) is 18.0. The van der Waals surface area contributed by atoms with Crippen LogP contribution in [0.15, 0.2) is 83.3 Å². The van der Waals surface area contributed by atoms with Gasteiger partial charge < -0.3 is 9.79 Å². The van der Waals surface area contributed by atoms with Crippen molar-refractivity contribution in [1.82, 2.24) is 0 Å². The van der Waals surface area contributed by atoms with Gasteiger partial charge in [0.15, 0.2) is 0 Å². The molecule has 29 heavy (non-hydrogen) atoms. The molecule has 0 radical (unpaired) electrons. The molecule has 2 nitrogen and oxygen atoms in total. The minimum absolute atomic E-state index is 0.176. The van der Waals surface area contributed by atoms with E-state index in [4.69, 9.17) is 9.79 Å². The fourth-order valence-corrected chi connectivity index (χ4v) is 5.44. The summed E-state index contributed by atoms with van der Waals surface area (Å²) in [7, 11) is -3.39. The largest absolute Gasteiger partial charge is 0.346 e. The van der Waals surface area contributed by atoms with E-state index >= 15 is 0 Å². The molecule has 0 aliphatic carbocycles. The third-order valence-electron chi connectivity index (χ3n) is 4.50. The molecule has 1 unspecified atom stereocenters. The minimum Gasteiger partial charge on any atom is -0.346 e. The number of halogens is 3. The van der Waals surface area contributed by atoms with Crippen LogP contribution in [0.5, 0.6) is 0 Å². The van der Waals surface area contributed by atoms with Crippen molar-refractivity contribution in [3.05, 3.63) is 106 Å². The van der Waals surface area contributed by atoms with Crippen molar-refractivity contribution in [2.45, 2.75) is 23.1 Å². The Balaban J connectivity index is 1.76. The van der Waals surface area contributed by atoms with Crippen LogP contribution >= 0.6 is 36.1 Å². The van der Waals surface area contributed by atoms with Crippen LogP contribution in [0.25, 0.3) is 0 Å². The van der Waals surface area contributed by atoms with E-state index in [1.165, 1.54) is 17.2 Å². The van der Waals surface area contributed by atoms with E-state index in [0.717, 1.165) is 12.0 Å². The number of rotatable bonds is 8. The molecule has 7 heteroatoms.